The minimum Gasteiger partial charge on any atom is -0.367 e. The highest BCUT2D eigenvalue weighted by atomic mass is 16.2. The summed E-state index contributed by atoms with van der Waals surface area (Å²) >= 11 is 0. The second kappa shape index (κ2) is 6.65. The number of amides is 1. The molecule has 2 aromatic rings. The zero-order chi connectivity index (χ0) is 16.2. The number of hydrogen-bond acceptors (Lipinski definition) is 3. The van der Waals surface area contributed by atoms with Crippen LogP contribution in [-0.4, -0.2) is 43.3 Å². The molecule has 1 saturated heterocycles. The lowest BCUT2D eigenvalue weighted by molar-refractivity contribution is 0.0745. The SMILES string of the molecule is Cc1ccccc1C(=O)N1CCN(c2ccccc2C=O)CC1. The van der Waals surface area contributed by atoms with Crippen molar-refractivity contribution in [1.29, 1.82) is 0 Å². The molecular weight excluding hydrogens is 288 g/mol. The summed E-state index contributed by atoms with van der Waals surface area (Å²) in [5.74, 6) is 0.0893. The van der Waals surface area contributed by atoms with Gasteiger partial charge in [0.25, 0.3) is 5.91 Å². The van der Waals surface area contributed by atoms with Gasteiger partial charge in [-0.25, -0.2) is 0 Å². The second-order valence-corrected chi connectivity index (χ2v) is 5.77. The molecule has 3 rings (SSSR count). The van der Waals surface area contributed by atoms with Gasteiger partial charge in [0.1, 0.15) is 0 Å². The summed E-state index contributed by atoms with van der Waals surface area (Å²) in [6.07, 6.45) is 0.889. The molecule has 1 aliphatic rings. The lowest BCUT2D eigenvalue weighted by atomic mass is 10.1. The Morgan fingerprint density at radius 1 is 0.957 bits per heavy atom. The van der Waals surface area contributed by atoms with E-state index in [-0.39, 0.29) is 5.91 Å². The molecule has 0 unspecified atom stereocenters. The van der Waals surface area contributed by atoms with E-state index in [1.807, 2.05) is 60.4 Å². The molecule has 0 aromatic heterocycles. The van der Waals surface area contributed by atoms with Crippen molar-refractivity contribution in [2.45, 2.75) is 6.92 Å². The molecule has 1 aliphatic heterocycles. The molecule has 1 amide bonds. The molecule has 1 fully saturated rings. The molecule has 0 spiro atoms. The molecule has 4 heteroatoms. The summed E-state index contributed by atoms with van der Waals surface area (Å²) in [6, 6.07) is 15.3. The van der Waals surface area contributed by atoms with E-state index in [2.05, 4.69) is 4.90 Å². The van der Waals surface area contributed by atoms with Crippen LogP contribution in [-0.2, 0) is 0 Å². The van der Waals surface area contributed by atoms with E-state index in [1.165, 1.54) is 0 Å². The molecule has 0 aliphatic carbocycles. The van der Waals surface area contributed by atoms with Crippen molar-refractivity contribution in [3.05, 3.63) is 65.2 Å². The molecule has 1 heterocycles. The second-order valence-electron chi connectivity index (χ2n) is 5.77. The molecule has 0 atom stereocenters. The van der Waals surface area contributed by atoms with Crippen molar-refractivity contribution in [2.24, 2.45) is 0 Å². The van der Waals surface area contributed by atoms with Crippen LogP contribution in [0.3, 0.4) is 0 Å². The first-order valence-electron chi connectivity index (χ1n) is 7.85. The standard InChI is InChI=1S/C19H20N2O2/c1-15-6-2-4-8-17(15)19(23)21-12-10-20(11-13-21)18-9-5-3-7-16(18)14-22/h2-9,14H,10-13H2,1H3. The van der Waals surface area contributed by atoms with Gasteiger partial charge in [0, 0.05) is 43.0 Å². The fourth-order valence-corrected chi connectivity index (χ4v) is 3.01. The third-order valence-electron chi connectivity index (χ3n) is 4.35. The van der Waals surface area contributed by atoms with Gasteiger partial charge in [0.05, 0.1) is 0 Å². The van der Waals surface area contributed by atoms with Crippen molar-refractivity contribution in [3.63, 3.8) is 0 Å². The number of aryl methyl sites for hydroxylation is 1. The Labute approximate surface area is 136 Å². The largest absolute Gasteiger partial charge is 0.367 e. The maximum absolute atomic E-state index is 12.6. The van der Waals surface area contributed by atoms with Crippen molar-refractivity contribution in [1.82, 2.24) is 4.90 Å². The van der Waals surface area contributed by atoms with Gasteiger partial charge in [-0.1, -0.05) is 30.3 Å². The Kier molecular flexibility index (Phi) is 4.42. The van der Waals surface area contributed by atoms with Crippen LogP contribution in [0.25, 0.3) is 0 Å². The number of aldehydes is 1. The highest BCUT2D eigenvalue weighted by Crippen LogP contribution is 2.21. The van der Waals surface area contributed by atoms with E-state index in [0.29, 0.717) is 18.7 Å². The van der Waals surface area contributed by atoms with Crippen LogP contribution < -0.4 is 4.90 Å². The molecule has 23 heavy (non-hydrogen) atoms. The number of hydrogen-bond donors (Lipinski definition) is 0. The van der Waals surface area contributed by atoms with Gasteiger partial charge in [-0.15, -0.1) is 0 Å². The number of benzene rings is 2. The predicted molar refractivity (Wildman–Crippen MR) is 91.1 cm³/mol. The first kappa shape index (κ1) is 15.3. The van der Waals surface area contributed by atoms with Crippen LogP contribution in [0, 0.1) is 6.92 Å². The Morgan fingerprint density at radius 2 is 1.61 bits per heavy atom. The lowest BCUT2D eigenvalue weighted by Crippen LogP contribution is -2.49. The molecule has 0 bridgehead atoms. The summed E-state index contributed by atoms with van der Waals surface area (Å²) in [7, 11) is 0. The fraction of sp³-hybridized carbons (Fsp3) is 0.263. The first-order valence-corrected chi connectivity index (χ1v) is 7.85. The van der Waals surface area contributed by atoms with Gasteiger partial charge in [0.15, 0.2) is 6.29 Å². The van der Waals surface area contributed by atoms with Crippen LogP contribution in [0.4, 0.5) is 5.69 Å². The van der Waals surface area contributed by atoms with Gasteiger partial charge < -0.3 is 9.80 Å². The average Bonchev–Trinajstić information content (AvgIpc) is 2.61. The quantitative estimate of drug-likeness (QED) is 0.819. The van der Waals surface area contributed by atoms with Crippen molar-refractivity contribution in [2.75, 3.05) is 31.1 Å². The van der Waals surface area contributed by atoms with Crippen molar-refractivity contribution in [3.8, 4) is 0 Å². The van der Waals surface area contributed by atoms with Gasteiger partial charge in [-0.2, -0.15) is 0 Å². The number of para-hydroxylation sites is 1. The summed E-state index contributed by atoms with van der Waals surface area (Å²) in [5, 5.41) is 0. The number of carbonyl (C=O) groups is 2. The number of nitrogens with zero attached hydrogens (tertiary/aromatic N) is 2. The maximum atomic E-state index is 12.6. The van der Waals surface area contributed by atoms with Crippen molar-refractivity contribution < 1.29 is 9.59 Å². The van der Waals surface area contributed by atoms with Crippen LogP contribution in [0.2, 0.25) is 0 Å². The van der Waals surface area contributed by atoms with E-state index in [9.17, 15) is 9.59 Å². The molecule has 118 valence electrons. The molecule has 0 radical (unpaired) electrons. The fourth-order valence-electron chi connectivity index (χ4n) is 3.01. The summed E-state index contributed by atoms with van der Waals surface area (Å²) in [5.41, 5.74) is 3.43. The highest BCUT2D eigenvalue weighted by molar-refractivity contribution is 5.95. The third kappa shape index (κ3) is 3.11. The number of piperazine rings is 1. The minimum absolute atomic E-state index is 0.0893. The zero-order valence-corrected chi connectivity index (χ0v) is 13.2. The normalized spacial score (nSPS) is 14.7. The topological polar surface area (TPSA) is 40.6 Å². The highest BCUT2D eigenvalue weighted by Gasteiger charge is 2.23. The molecular formula is C19H20N2O2. The summed E-state index contributed by atoms with van der Waals surface area (Å²) in [4.78, 5) is 27.9. The van der Waals surface area contributed by atoms with Crippen LogP contribution in [0.15, 0.2) is 48.5 Å². The molecule has 0 saturated carbocycles. The summed E-state index contributed by atoms with van der Waals surface area (Å²) < 4.78 is 0. The molecule has 0 N–H and O–H groups in total. The third-order valence-corrected chi connectivity index (χ3v) is 4.35. The smallest absolute Gasteiger partial charge is 0.254 e. The Hall–Kier alpha value is -2.62. The van der Waals surface area contributed by atoms with Crippen LogP contribution in [0.1, 0.15) is 26.3 Å². The zero-order valence-electron chi connectivity index (χ0n) is 13.2. The number of carbonyl (C=O) groups excluding carboxylic acids is 2. The Balaban J connectivity index is 1.70. The van der Waals surface area contributed by atoms with Crippen molar-refractivity contribution >= 4 is 17.9 Å². The Morgan fingerprint density at radius 3 is 2.30 bits per heavy atom. The summed E-state index contributed by atoms with van der Waals surface area (Å²) in [6.45, 7) is 4.77. The van der Waals surface area contributed by atoms with Gasteiger partial charge in [-0.3, -0.25) is 9.59 Å². The number of anilines is 1. The van der Waals surface area contributed by atoms with E-state index < -0.39 is 0 Å². The van der Waals surface area contributed by atoms with E-state index >= 15 is 0 Å². The van der Waals surface area contributed by atoms with Gasteiger partial charge in [0.2, 0.25) is 0 Å². The first-order chi connectivity index (χ1) is 11.2. The Bertz CT molecular complexity index is 719. The van der Waals surface area contributed by atoms with Crippen LogP contribution >= 0.6 is 0 Å². The van der Waals surface area contributed by atoms with E-state index in [1.54, 1.807) is 0 Å². The maximum Gasteiger partial charge on any atom is 0.254 e. The van der Waals surface area contributed by atoms with Crippen LogP contribution in [0.5, 0.6) is 0 Å². The monoisotopic (exact) mass is 308 g/mol. The molecule has 2 aromatic carbocycles. The minimum atomic E-state index is 0.0893. The lowest BCUT2D eigenvalue weighted by Gasteiger charge is -2.36. The van der Waals surface area contributed by atoms with Gasteiger partial charge in [-0.05, 0) is 30.7 Å². The van der Waals surface area contributed by atoms with E-state index in [0.717, 1.165) is 36.2 Å². The number of rotatable bonds is 3. The van der Waals surface area contributed by atoms with Gasteiger partial charge >= 0.3 is 0 Å². The predicted octanol–water partition coefficient (Wildman–Crippen LogP) is 2.77. The molecule has 4 nitrogen and oxygen atoms in total. The van der Waals surface area contributed by atoms with E-state index in [4.69, 9.17) is 0 Å². The average molecular weight is 308 g/mol.